The van der Waals surface area contributed by atoms with Gasteiger partial charge in [-0.15, -0.1) is 0 Å². The number of benzene rings is 1. The van der Waals surface area contributed by atoms with E-state index in [0.29, 0.717) is 11.1 Å². The number of rotatable bonds is 2. The van der Waals surface area contributed by atoms with Crippen molar-refractivity contribution in [2.45, 2.75) is 12.8 Å². The first kappa shape index (κ1) is 12.6. The van der Waals surface area contributed by atoms with Gasteiger partial charge in [-0.25, -0.2) is 0 Å². The maximum atomic E-state index is 12.8. The summed E-state index contributed by atoms with van der Waals surface area (Å²) < 4.78 is 38.4. The molecule has 2 aromatic rings. The zero-order valence-corrected chi connectivity index (χ0v) is 9.28. The van der Waals surface area contributed by atoms with Gasteiger partial charge in [0.2, 0.25) is 0 Å². The van der Waals surface area contributed by atoms with Crippen LogP contribution >= 0.6 is 0 Å². The van der Waals surface area contributed by atoms with Gasteiger partial charge in [-0.1, -0.05) is 24.3 Å². The predicted molar refractivity (Wildman–Crippen MR) is 60.6 cm³/mol. The van der Waals surface area contributed by atoms with E-state index < -0.39 is 11.7 Å². The predicted octanol–water partition coefficient (Wildman–Crippen LogP) is 3.26. The Morgan fingerprint density at radius 1 is 1.06 bits per heavy atom. The van der Waals surface area contributed by atoms with Gasteiger partial charge in [-0.3, -0.25) is 4.98 Å². The Hall–Kier alpha value is -1.88. The molecule has 0 aliphatic heterocycles. The molecule has 0 amide bonds. The third-order valence-corrected chi connectivity index (χ3v) is 2.52. The Morgan fingerprint density at radius 2 is 1.72 bits per heavy atom. The van der Waals surface area contributed by atoms with Crippen LogP contribution in [0, 0.1) is 0 Å². The van der Waals surface area contributed by atoms with Crippen LogP contribution in [0.5, 0.6) is 0 Å². The Kier molecular flexibility index (Phi) is 3.34. The molecular weight excluding hydrogens is 243 g/mol. The summed E-state index contributed by atoms with van der Waals surface area (Å²) in [6.07, 6.45) is -3.11. The van der Waals surface area contributed by atoms with Crippen LogP contribution in [0.15, 0.2) is 42.6 Å². The molecule has 1 aromatic carbocycles. The lowest BCUT2D eigenvalue weighted by Gasteiger charge is -2.11. The van der Waals surface area contributed by atoms with Crippen LogP contribution in [0.1, 0.15) is 11.1 Å². The molecule has 0 saturated carbocycles. The van der Waals surface area contributed by atoms with Gasteiger partial charge in [0.25, 0.3) is 0 Å². The highest BCUT2D eigenvalue weighted by molar-refractivity contribution is 5.63. The van der Waals surface area contributed by atoms with E-state index in [9.17, 15) is 13.2 Å². The second kappa shape index (κ2) is 4.78. The van der Waals surface area contributed by atoms with E-state index in [0.717, 1.165) is 6.07 Å². The molecule has 1 aromatic heterocycles. The molecule has 2 nitrogen and oxygen atoms in total. The first-order valence-electron chi connectivity index (χ1n) is 5.25. The fourth-order valence-electron chi connectivity index (χ4n) is 1.63. The molecule has 0 saturated heterocycles. The van der Waals surface area contributed by atoms with Gasteiger partial charge in [0.1, 0.15) is 0 Å². The number of aliphatic hydroxyl groups is 1. The van der Waals surface area contributed by atoms with Crippen molar-refractivity contribution in [1.29, 1.82) is 0 Å². The SMILES string of the molecule is OCc1ccc(-c2ncccc2C(F)(F)F)cc1. The molecule has 0 radical (unpaired) electrons. The summed E-state index contributed by atoms with van der Waals surface area (Å²) in [5.41, 5.74) is 0.152. The van der Waals surface area contributed by atoms with Crippen LogP contribution in [0.4, 0.5) is 13.2 Å². The van der Waals surface area contributed by atoms with Crippen molar-refractivity contribution in [3.63, 3.8) is 0 Å². The normalized spacial score (nSPS) is 11.6. The Morgan fingerprint density at radius 3 is 2.28 bits per heavy atom. The van der Waals surface area contributed by atoms with Crippen molar-refractivity contribution >= 4 is 0 Å². The minimum absolute atomic E-state index is 0.102. The molecular formula is C13H10F3NO. The van der Waals surface area contributed by atoms with Crippen LogP contribution in [-0.2, 0) is 12.8 Å². The standard InChI is InChI=1S/C13H10F3NO/c14-13(15,16)11-2-1-7-17-12(11)10-5-3-9(8-18)4-6-10/h1-7,18H,8H2. The first-order chi connectivity index (χ1) is 8.52. The average Bonchev–Trinajstić information content (AvgIpc) is 2.38. The van der Waals surface area contributed by atoms with E-state index in [1.807, 2.05) is 0 Å². The zero-order chi connectivity index (χ0) is 13.2. The summed E-state index contributed by atoms with van der Waals surface area (Å²) in [6.45, 7) is -0.144. The van der Waals surface area contributed by atoms with E-state index in [-0.39, 0.29) is 12.3 Å². The fourth-order valence-corrected chi connectivity index (χ4v) is 1.63. The Labute approximate surface area is 102 Å². The lowest BCUT2D eigenvalue weighted by Crippen LogP contribution is -2.08. The second-order valence-corrected chi connectivity index (χ2v) is 3.75. The molecule has 2 rings (SSSR count). The first-order valence-corrected chi connectivity index (χ1v) is 5.25. The van der Waals surface area contributed by atoms with Crippen LogP contribution in [0.2, 0.25) is 0 Å². The molecule has 1 heterocycles. The lowest BCUT2D eigenvalue weighted by atomic mass is 10.0. The molecule has 0 unspecified atom stereocenters. The molecule has 0 bridgehead atoms. The number of alkyl halides is 3. The Bertz CT molecular complexity index is 535. The minimum atomic E-state index is -4.43. The maximum absolute atomic E-state index is 12.8. The third-order valence-electron chi connectivity index (χ3n) is 2.52. The summed E-state index contributed by atoms with van der Waals surface area (Å²) in [6, 6.07) is 8.44. The molecule has 18 heavy (non-hydrogen) atoms. The molecule has 0 aliphatic rings. The maximum Gasteiger partial charge on any atom is 0.418 e. The van der Waals surface area contributed by atoms with Crippen molar-refractivity contribution in [1.82, 2.24) is 4.98 Å². The quantitative estimate of drug-likeness (QED) is 0.891. The van der Waals surface area contributed by atoms with Crippen LogP contribution in [0.3, 0.4) is 0 Å². The van der Waals surface area contributed by atoms with Gasteiger partial charge in [-0.05, 0) is 17.7 Å². The fraction of sp³-hybridized carbons (Fsp3) is 0.154. The Balaban J connectivity index is 2.50. The minimum Gasteiger partial charge on any atom is -0.392 e. The van der Waals surface area contributed by atoms with Gasteiger partial charge in [0.05, 0.1) is 17.9 Å². The lowest BCUT2D eigenvalue weighted by molar-refractivity contribution is -0.137. The highest BCUT2D eigenvalue weighted by atomic mass is 19.4. The summed E-state index contributed by atoms with van der Waals surface area (Å²) in [7, 11) is 0. The van der Waals surface area contributed by atoms with Gasteiger partial charge in [-0.2, -0.15) is 13.2 Å². The molecule has 0 fully saturated rings. The monoisotopic (exact) mass is 253 g/mol. The number of pyridine rings is 1. The van der Waals surface area contributed by atoms with Gasteiger partial charge < -0.3 is 5.11 Å². The third kappa shape index (κ3) is 2.51. The summed E-state index contributed by atoms with van der Waals surface area (Å²) >= 11 is 0. The largest absolute Gasteiger partial charge is 0.418 e. The molecule has 0 spiro atoms. The number of halogens is 3. The number of nitrogens with zero attached hydrogens (tertiary/aromatic N) is 1. The van der Waals surface area contributed by atoms with Crippen molar-refractivity contribution in [2.24, 2.45) is 0 Å². The molecule has 1 N–H and O–H groups in total. The van der Waals surface area contributed by atoms with Gasteiger partial charge in [0.15, 0.2) is 0 Å². The zero-order valence-electron chi connectivity index (χ0n) is 9.28. The molecule has 0 atom stereocenters. The molecule has 0 aliphatic carbocycles. The molecule has 5 heteroatoms. The summed E-state index contributed by atoms with van der Waals surface area (Å²) in [4.78, 5) is 3.79. The van der Waals surface area contributed by atoms with Crippen LogP contribution < -0.4 is 0 Å². The van der Waals surface area contributed by atoms with E-state index >= 15 is 0 Å². The van der Waals surface area contributed by atoms with Crippen molar-refractivity contribution in [3.05, 3.63) is 53.7 Å². The summed E-state index contributed by atoms with van der Waals surface area (Å²) in [5, 5.41) is 8.89. The van der Waals surface area contributed by atoms with E-state index in [1.165, 1.54) is 24.4 Å². The number of hydrogen-bond acceptors (Lipinski definition) is 2. The van der Waals surface area contributed by atoms with Crippen LogP contribution in [0.25, 0.3) is 11.3 Å². The van der Waals surface area contributed by atoms with Gasteiger partial charge >= 0.3 is 6.18 Å². The second-order valence-electron chi connectivity index (χ2n) is 3.75. The number of hydrogen-bond donors (Lipinski definition) is 1. The van der Waals surface area contributed by atoms with Crippen molar-refractivity contribution in [3.8, 4) is 11.3 Å². The van der Waals surface area contributed by atoms with Crippen molar-refractivity contribution in [2.75, 3.05) is 0 Å². The highest BCUT2D eigenvalue weighted by Crippen LogP contribution is 2.35. The smallest absolute Gasteiger partial charge is 0.392 e. The van der Waals surface area contributed by atoms with Crippen molar-refractivity contribution < 1.29 is 18.3 Å². The van der Waals surface area contributed by atoms with E-state index in [2.05, 4.69) is 4.98 Å². The topological polar surface area (TPSA) is 33.1 Å². The van der Waals surface area contributed by atoms with Crippen LogP contribution in [-0.4, -0.2) is 10.1 Å². The number of aliphatic hydroxyl groups excluding tert-OH is 1. The average molecular weight is 253 g/mol. The number of aromatic nitrogens is 1. The van der Waals surface area contributed by atoms with E-state index in [1.54, 1.807) is 12.1 Å². The summed E-state index contributed by atoms with van der Waals surface area (Å²) in [5.74, 6) is 0. The van der Waals surface area contributed by atoms with Gasteiger partial charge in [0, 0.05) is 11.8 Å². The molecule has 94 valence electrons. The highest BCUT2D eigenvalue weighted by Gasteiger charge is 2.34. The van der Waals surface area contributed by atoms with E-state index in [4.69, 9.17) is 5.11 Å².